The Bertz CT molecular complexity index is 181. The number of halogens is 1. The van der Waals surface area contributed by atoms with E-state index in [4.69, 9.17) is 0 Å². The van der Waals surface area contributed by atoms with E-state index >= 15 is 0 Å². The van der Waals surface area contributed by atoms with Crippen LogP contribution in [0.25, 0.3) is 0 Å². The van der Waals surface area contributed by atoms with Crippen LogP contribution >= 0.6 is 15.9 Å². The van der Waals surface area contributed by atoms with Gasteiger partial charge in [-0.3, -0.25) is 0 Å². The molecule has 1 aliphatic rings. The van der Waals surface area contributed by atoms with Gasteiger partial charge >= 0.3 is 0 Å². The minimum atomic E-state index is 0.414. The maximum absolute atomic E-state index is 3.65. The van der Waals surface area contributed by atoms with Crippen LogP contribution in [0.15, 0.2) is 0 Å². The average molecular weight is 276 g/mol. The van der Waals surface area contributed by atoms with Gasteiger partial charge in [0.15, 0.2) is 0 Å². The number of rotatable bonds is 5. The van der Waals surface area contributed by atoms with E-state index in [1.54, 1.807) is 0 Å². The zero-order chi connectivity index (χ0) is 11.5. The molecule has 0 saturated heterocycles. The smallest absolute Gasteiger partial charge is 0.00768 e. The number of nitrogens with zero attached hydrogens (tertiary/aromatic N) is 1. The first-order valence-electron chi connectivity index (χ1n) is 6.18. The second kappa shape index (κ2) is 5.67. The third kappa shape index (κ3) is 4.44. The topological polar surface area (TPSA) is 3.24 Å². The summed E-state index contributed by atoms with van der Waals surface area (Å²) in [5.41, 5.74) is 0.414. The molecule has 0 spiro atoms. The summed E-state index contributed by atoms with van der Waals surface area (Å²) in [5.74, 6) is 1.74. The van der Waals surface area contributed by atoms with E-state index in [1.165, 1.54) is 32.4 Å². The summed E-state index contributed by atoms with van der Waals surface area (Å²) < 4.78 is 0. The fourth-order valence-corrected chi connectivity index (χ4v) is 3.30. The Morgan fingerprint density at radius 2 is 1.93 bits per heavy atom. The minimum Gasteiger partial charge on any atom is -0.306 e. The van der Waals surface area contributed by atoms with Crippen molar-refractivity contribution in [2.45, 2.75) is 40.0 Å². The molecule has 1 saturated carbocycles. The van der Waals surface area contributed by atoms with Gasteiger partial charge in [-0.2, -0.15) is 0 Å². The van der Waals surface area contributed by atoms with Crippen LogP contribution in [0, 0.1) is 17.3 Å². The Balaban J connectivity index is 2.30. The molecular formula is C13H26BrN. The van der Waals surface area contributed by atoms with Crippen LogP contribution in [0.1, 0.15) is 40.0 Å². The standard InChI is InChI=1S/C13H26BrN/c1-13(2,3)12(8-14)10-15(4)9-11-6-5-7-11/h11-12H,5-10H2,1-4H3. The Morgan fingerprint density at radius 1 is 1.33 bits per heavy atom. The molecular weight excluding hydrogens is 250 g/mol. The van der Waals surface area contributed by atoms with Gasteiger partial charge in [0.1, 0.15) is 0 Å². The van der Waals surface area contributed by atoms with Crippen molar-refractivity contribution in [3.8, 4) is 0 Å². The zero-order valence-electron chi connectivity index (χ0n) is 10.7. The third-order valence-corrected chi connectivity index (χ3v) is 4.52. The Morgan fingerprint density at radius 3 is 2.27 bits per heavy atom. The van der Waals surface area contributed by atoms with Gasteiger partial charge in [0.05, 0.1) is 0 Å². The van der Waals surface area contributed by atoms with Crippen molar-refractivity contribution >= 4 is 15.9 Å². The van der Waals surface area contributed by atoms with E-state index in [1.807, 2.05) is 0 Å². The molecule has 1 fully saturated rings. The summed E-state index contributed by atoms with van der Waals surface area (Å²) in [6.07, 6.45) is 4.37. The molecule has 2 heteroatoms. The monoisotopic (exact) mass is 275 g/mol. The summed E-state index contributed by atoms with van der Waals surface area (Å²) >= 11 is 3.65. The van der Waals surface area contributed by atoms with Crippen molar-refractivity contribution in [1.29, 1.82) is 0 Å². The summed E-state index contributed by atoms with van der Waals surface area (Å²) in [4.78, 5) is 2.53. The highest BCUT2D eigenvalue weighted by Crippen LogP contribution is 2.30. The van der Waals surface area contributed by atoms with E-state index in [9.17, 15) is 0 Å². The molecule has 1 nitrogen and oxygen atoms in total. The molecule has 0 aromatic rings. The predicted molar refractivity (Wildman–Crippen MR) is 71.6 cm³/mol. The maximum Gasteiger partial charge on any atom is 0.00768 e. The van der Waals surface area contributed by atoms with Crippen LogP contribution < -0.4 is 0 Å². The average Bonchev–Trinajstić information content (AvgIpc) is 2.05. The van der Waals surface area contributed by atoms with Gasteiger partial charge in [-0.25, -0.2) is 0 Å². The Hall–Kier alpha value is 0.440. The van der Waals surface area contributed by atoms with E-state index in [0.29, 0.717) is 5.41 Å². The molecule has 0 aromatic carbocycles. The SMILES string of the molecule is CN(CC1CCC1)CC(CBr)C(C)(C)C. The van der Waals surface area contributed by atoms with Gasteiger partial charge in [-0.15, -0.1) is 0 Å². The fourth-order valence-electron chi connectivity index (χ4n) is 2.12. The van der Waals surface area contributed by atoms with Crippen LogP contribution in [0.3, 0.4) is 0 Å². The van der Waals surface area contributed by atoms with E-state index in [2.05, 4.69) is 48.6 Å². The second-order valence-electron chi connectivity index (χ2n) is 6.24. The van der Waals surface area contributed by atoms with Crippen LogP contribution in [-0.4, -0.2) is 30.4 Å². The van der Waals surface area contributed by atoms with Crippen molar-refractivity contribution in [1.82, 2.24) is 4.90 Å². The number of hydrogen-bond acceptors (Lipinski definition) is 1. The molecule has 0 aliphatic heterocycles. The van der Waals surface area contributed by atoms with Crippen molar-refractivity contribution in [3.63, 3.8) is 0 Å². The predicted octanol–water partition coefficient (Wildman–Crippen LogP) is 3.78. The van der Waals surface area contributed by atoms with Crippen LogP contribution in [-0.2, 0) is 0 Å². The van der Waals surface area contributed by atoms with Crippen molar-refractivity contribution < 1.29 is 0 Å². The third-order valence-electron chi connectivity index (χ3n) is 3.74. The first-order chi connectivity index (χ1) is 6.93. The molecule has 1 aliphatic carbocycles. The molecule has 0 aromatic heterocycles. The van der Waals surface area contributed by atoms with Gasteiger partial charge in [0.25, 0.3) is 0 Å². The first kappa shape index (κ1) is 13.5. The quantitative estimate of drug-likeness (QED) is 0.691. The van der Waals surface area contributed by atoms with Crippen molar-refractivity contribution in [2.75, 3.05) is 25.5 Å². The Labute approximate surface area is 104 Å². The number of hydrogen-bond donors (Lipinski definition) is 0. The second-order valence-corrected chi connectivity index (χ2v) is 6.88. The summed E-state index contributed by atoms with van der Waals surface area (Å²) in [6, 6.07) is 0. The van der Waals surface area contributed by atoms with Gasteiger partial charge in [-0.05, 0) is 37.1 Å². The summed E-state index contributed by atoms with van der Waals surface area (Å²) in [5, 5.41) is 1.12. The number of alkyl halides is 1. The molecule has 0 radical (unpaired) electrons. The van der Waals surface area contributed by atoms with E-state index in [-0.39, 0.29) is 0 Å². The lowest BCUT2D eigenvalue weighted by atomic mass is 9.81. The summed E-state index contributed by atoms with van der Waals surface area (Å²) in [7, 11) is 2.28. The fraction of sp³-hybridized carbons (Fsp3) is 1.00. The van der Waals surface area contributed by atoms with Crippen LogP contribution in [0.4, 0.5) is 0 Å². The lowest BCUT2D eigenvalue weighted by Crippen LogP contribution is -2.37. The van der Waals surface area contributed by atoms with E-state index < -0.39 is 0 Å². The molecule has 0 heterocycles. The molecule has 15 heavy (non-hydrogen) atoms. The highest BCUT2D eigenvalue weighted by molar-refractivity contribution is 9.09. The molecule has 1 rings (SSSR count). The maximum atomic E-state index is 3.65. The molecule has 0 N–H and O–H groups in total. The normalized spacial score (nSPS) is 20.4. The van der Waals surface area contributed by atoms with Crippen LogP contribution in [0.2, 0.25) is 0 Å². The Kier molecular flexibility index (Phi) is 5.11. The largest absolute Gasteiger partial charge is 0.306 e. The van der Waals surface area contributed by atoms with Gasteiger partial charge in [0, 0.05) is 18.4 Å². The molecule has 0 amide bonds. The summed E-state index contributed by atoms with van der Waals surface area (Å²) in [6.45, 7) is 9.56. The van der Waals surface area contributed by atoms with Gasteiger partial charge < -0.3 is 4.90 Å². The highest BCUT2D eigenvalue weighted by Gasteiger charge is 2.26. The lowest BCUT2D eigenvalue weighted by Gasteiger charge is -2.36. The van der Waals surface area contributed by atoms with Crippen molar-refractivity contribution in [2.24, 2.45) is 17.3 Å². The van der Waals surface area contributed by atoms with Gasteiger partial charge in [0.2, 0.25) is 0 Å². The zero-order valence-corrected chi connectivity index (χ0v) is 12.3. The molecule has 90 valence electrons. The highest BCUT2D eigenvalue weighted by atomic mass is 79.9. The van der Waals surface area contributed by atoms with Crippen molar-refractivity contribution in [3.05, 3.63) is 0 Å². The first-order valence-corrected chi connectivity index (χ1v) is 7.30. The molecule has 1 atom stereocenters. The molecule has 1 unspecified atom stereocenters. The van der Waals surface area contributed by atoms with E-state index in [0.717, 1.165) is 17.2 Å². The van der Waals surface area contributed by atoms with Crippen LogP contribution in [0.5, 0.6) is 0 Å². The minimum absolute atomic E-state index is 0.414. The van der Waals surface area contributed by atoms with Gasteiger partial charge in [-0.1, -0.05) is 43.1 Å². The lowest BCUT2D eigenvalue weighted by molar-refractivity contribution is 0.148. The molecule has 0 bridgehead atoms.